The van der Waals surface area contributed by atoms with Crippen LogP contribution in [0.15, 0.2) is 18.2 Å². The molecule has 0 aliphatic carbocycles. The molecule has 7 nitrogen and oxygen atoms in total. The summed E-state index contributed by atoms with van der Waals surface area (Å²) in [7, 11) is 0. The average molecular weight is 360 g/mol. The molecule has 0 N–H and O–H groups in total. The molecule has 2 saturated heterocycles. The standard InChI is InChI=1S/C19H24N2O5/c22-18(4-2-7-20-9-10-26-19(20)23)21-8-1-3-15(21)14-5-6-16-17(13-14)25-12-11-24-16/h5-6,13,15H,1-4,7-12H2/t15-/m0/s1. The zero-order valence-corrected chi connectivity index (χ0v) is 14.8. The zero-order valence-electron chi connectivity index (χ0n) is 14.8. The van der Waals surface area contributed by atoms with Gasteiger partial charge in [-0.1, -0.05) is 6.07 Å². The summed E-state index contributed by atoms with van der Waals surface area (Å²) in [4.78, 5) is 27.8. The van der Waals surface area contributed by atoms with Crippen molar-refractivity contribution in [3.05, 3.63) is 23.8 Å². The van der Waals surface area contributed by atoms with Crippen molar-refractivity contribution in [2.45, 2.75) is 31.7 Å². The number of hydrogen-bond acceptors (Lipinski definition) is 5. The van der Waals surface area contributed by atoms with Gasteiger partial charge in [-0.25, -0.2) is 4.79 Å². The predicted octanol–water partition coefficient (Wildman–Crippen LogP) is 2.35. The lowest BCUT2D eigenvalue weighted by molar-refractivity contribution is -0.132. The molecular weight excluding hydrogens is 336 g/mol. The Morgan fingerprint density at radius 3 is 2.73 bits per heavy atom. The van der Waals surface area contributed by atoms with Crippen molar-refractivity contribution in [3.63, 3.8) is 0 Å². The highest BCUT2D eigenvalue weighted by Gasteiger charge is 2.31. The van der Waals surface area contributed by atoms with Crippen LogP contribution in [0.25, 0.3) is 0 Å². The third-order valence-corrected chi connectivity index (χ3v) is 5.19. The Kier molecular flexibility index (Phi) is 4.86. The lowest BCUT2D eigenvalue weighted by Gasteiger charge is -2.27. The molecule has 0 bridgehead atoms. The normalized spacial score (nSPS) is 21.8. The highest BCUT2D eigenvalue weighted by atomic mass is 16.6. The van der Waals surface area contributed by atoms with Crippen LogP contribution in [-0.4, -0.2) is 61.3 Å². The van der Waals surface area contributed by atoms with Gasteiger partial charge in [-0.2, -0.15) is 0 Å². The van der Waals surface area contributed by atoms with E-state index >= 15 is 0 Å². The molecule has 2 amide bonds. The predicted molar refractivity (Wildman–Crippen MR) is 93.3 cm³/mol. The highest BCUT2D eigenvalue weighted by molar-refractivity contribution is 5.77. The minimum absolute atomic E-state index is 0.0927. The largest absolute Gasteiger partial charge is 0.486 e. The maximum absolute atomic E-state index is 12.7. The van der Waals surface area contributed by atoms with Gasteiger partial charge in [-0.3, -0.25) is 4.79 Å². The Morgan fingerprint density at radius 1 is 1.08 bits per heavy atom. The third kappa shape index (κ3) is 3.43. The van der Waals surface area contributed by atoms with E-state index in [0.717, 1.165) is 36.4 Å². The van der Waals surface area contributed by atoms with Crippen molar-refractivity contribution in [2.75, 3.05) is 39.5 Å². The van der Waals surface area contributed by atoms with E-state index in [-0.39, 0.29) is 18.0 Å². The maximum Gasteiger partial charge on any atom is 0.409 e. The van der Waals surface area contributed by atoms with Gasteiger partial charge in [0.15, 0.2) is 11.5 Å². The fourth-order valence-electron chi connectivity index (χ4n) is 3.87. The molecule has 4 rings (SSSR count). The number of rotatable bonds is 5. The molecule has 3 aliphatic heterocycles. The van der Waals surface area contributed by atoms with Crippen LogP contribution >= 0.6 is 0 Å². The van der Waals surface area contributed by atoms with Crippen LogP contribution in [0.2, 0.25) is 0 Å². The summed E-state index contributed by atoms with van der Waals surface area (Å²) in [6, 6.07) is 6.06. The number of carbonyl (C=O) groups excluding carboxylic acids is 2. The molecule has 140 valence electrons. The number of nitrogens with zero attached hydrogens (tertiary/aromatic N) is 2. The molecule has 1 aromatic carbocycles. The van der Waals surface area contributed by atoms with Gasteiger partial charge in [0.05, 0.1) is 12.6 Å². The van der Waals surface area contributed by atoms with Gasteiger partial charge in [-0.15, -0.1) is 0 Å². The molecule has 7 heteroatoms. The number of likely N-dealkylation sites (tertiary alicyclic amines) is 1. The molecule has 1 atom stereocenters. The highest BCUT2D eigenvalue weighted by Crippen LogP contribution is 2.38. The maximum atomic E-state index is 12.7. The number of carbonyl (C=O) groups is 2. The van der Waals surface area contributed by atoms with E-state index in [0.29, 0.717) is 45.8 Å². The van der Waals surface area contributed by atoms with Gasteiger partial charge in [-0.05, 0) is 37.0 Å². The second-order valence-electron chi connectivity index (χ2n) is 6.85. The Hall–Kier alpha value is -2.44. The second-order valence-corrected chi connectivity index (χ2v) is 6.85. The number of ether oxygens (including phenoxy) is 3. The van der Waals surface area contributed by atoms with E-state index in [1.165, 1.54) is 0 Å². The van der Waals surface area contributed by atoms with Crippen LogP contribution in [0.5, 0.6) is 11.5 Å². The second kappa shape index (κ2) is 7.43. The first-order valence-corrected chi connectivity index (χ1v) is 9.33. The Balaban J connectivity index is 1.36. The lowest BCUT2D eigenvalue weighted by atomic mass is 10.0. The van der Waals surface area contributed by atoms with Crippen molar-refractivity contribution < 1.29 is 23.8 Å². The van der Waals surface area contributed by atoms with Gasteiger partial charge >= 0.3 is 6.09 Å². The minimum Gasteiger partial charge on any atom is -0.486 e. The van der Waals surface area contributed by atoms with Gasteiger partial charge in [0.25, 0.3) is 0 Å². The quantitative estimate of drug-likeness (QED) is 0.806. The van der Waals surface area contributed by atoms with Crippen LogP contribution < -0.4 is 9.47 Å². The number of cyclic esters (lactones) is 1. The minimum atomic E-state index is -0.271. The number of fused-ring (bicyclic) bond motifs is 1. The van der Waals surface area contributed by atoms with Gasteiger partial charge in [0, 0.05) is 19.5 Å². The summed E-state index contributed by atoms with van der Waals surface area (Å²) in [5.41, 5.74) is 1.10. The fraction of sp³-hybridized carbons (Fsp3) is 0.579. The first-order valence-electron chi connectivity index (χ1n) is 9.33. The third-order valence-electron chi connectivity index (χ3n) is 5.19. The van der Waals surface area contributed by atoms with E-state index < -0.39 is 0 Å². The first kappa shape index (κ1) is 17.0. The Morgan fingerprint density at radius 2 is 1.92 bits per heavy atom. The van der Waals surface area contributed by atoms with Crippen molar-refractivity contribution in [2.24, 2.45) is 0 Å². The molecular formula is C19H24N2O5. The van der Waals surface area contributed by atoms with Crippen molar-refractivity contribution in [3.8, 4) is 11.5 Å². The van der Waals surface area contributed by atoms with Crippen LogP contribution in [0.1, 0.15) is 37.3 Å². The molecule has 1 aromatic rings. The van der Waals surface area contributed by atoms with Crippen molar-refractivity contribution >= 4 is 12.0 Å². The van der Waals surface area contributed by atoms with E-state index in [9.17, 15) is 9.59 Å². The molecule has 0 unspecified atom stereocenters. The van der Waals surface area contributed by atoms with E-state index in [4.69, 9.17) is 14.2 Å². The van der Waals surface area contributed by atoms with E-state index in [1.54, 1.807) is 4.90 Å². The SMILES string of the molecule is O=C1OCCN1CCCC(=O)N1CCC[C@H]1c1ccc2c(c1)OCCO2. The number of hydrogen-bond donors (Lipinski definition) is 0. The summed E-state index contributed by atoms with van der Waals surface area (Å²) >= 11 is 0. The van der Waals surface area contributed by atoms with Crippen LogP contribution in [0, 0.1) is 0 Å². The zero-order chi connectivity index (χ0) is 17.9. The van der Waals surface area contributed by atoms with Crippen LogP contribution in [-0.2, 0) is 9.53 Å². The first-order chi connectivity index (χ1) is 12.7. The summed E-state index contributed by atoms with van der Waals surface area (Å²) in [6.45, 7) is 3.56. The van der Waals surface area contributed by atoms with Crippen molar-refractivity contribution in [1.82, 2.24) is 9.80 Å². The summed E-state index contributed by atoms with van der Waals surface area (Å²) in [5, 5.41) is 0. The fourth-order valence-corrected chi connectivity index (χ4v) is 3.87. The number of amides is 2. The molecule has 0 aromatic heterocycles. The van der Waals surface area contributed by atoms with Gasteiger partial charge in [0.1, 0.15) is 19.8 Å². The van der Waals surface area contributed by atoms with Gasteiger partial charge in [0.2, 0.25) is 5.91 Å². The van der Waals surface area contributed by atoms with E-state index in [2.05, 4.69) is 0 Å². The monoisotopic (exact) mass is 360 g/mol. The van der Waals surface area contributed by atoms with Crippen molar-refractivity contribution in [1.29, 1.82) is 0 Å². The molecule has 0 radical (unpaired) electrons. The van der Waals surface area contributed by atoms with Gasteiger partial charge < -0.3 is 24.0 Å². The topological polar surface area (TPSA) is 68.3 Å². The molecule has 3 aliphatic rings. The molecule has 3 heterocycles. The Labute approximate surface area is 152 Å². The molecule has 0 spiro atoms. The number of benzene rings is 1. The summed E-state index contributed by atoms with van der Waals surface area (Å²) < 4.78 is 16.2. The van der Waals surface area contributed by atoms with Crippen LogP contribution in [0.4, 0.5) is 4.79 Å². The molecule has 2 fully saturated rings. The smallest absolute Gasteiger partial charge is 0.409 e. The lowest BCUT2D eigenvalue weighted by Crippen LogP contribution is -2.32. The summed E-state index contributed by atoms with van der Waals surface area (Å²) in [6.07, 6.45) is 2.81. The average Bonchev–Trinajstić information content (AvgIpc) is 3.31. The summed E-state index contributed by atoms with van der Waals surface area (Å²) in [5.74, 6) is 1.68. The molecule has 26 heavy (non-hydrogen) atoms. The Bertz CT molecular complexity index is 693. The van der Waals surface area contributed by atoms with E-state index in [1.807, 2.05) is 23.1 Å². The molecule has 0 saturated carbocycles. The van der Waals surface area contributed by atoms with Crippen LogP contribution in [0.3, 0.4) is 0 Å².